The van der Waals surface area contributed by atoms with Crippen LogP contribution in [0.4, 0.5) is 5.82 Å². The van der Waals surface area contributed by atoms with Gasteiger partial charge in [0.2, 0.25) is 0 Å². The molecule has 0 amide bonds. The maximum atomic E-state index is 12.2. The number of rotatable bonds is 3. The first-order valence-corrected chi connectivity index (χ1v) is 7.46. The molecular weight excluding hydrogens is 318 g/mol. The molecule has 0 aliphatic carbocycles. The van der Waals surface area contributed by atoms with E-state index in [1.165, 1.54) is 12.3 Å². The van der Waals surface area contributed by atoms with E-state index in [9.17, 15) is 8.42 Å². The lowest BCUT2D eigenvalue weighted by molar-refractivity contribution is 0.595. The van der Waals surface area contributed by atoms with Gasteiger partial charge in [0, 0.05) is 23.1 Å². The first-order chi connectivity index (χ1) is 8.49. The summed E-state index contributed by atoms with van der Waals surface area (Å²) in [7, 11) is -3.51. The van der Waals surface area contributed by atoms with E-state index in [2.05, 4.69) is 25.9 Å². The number of anilines is 1. The van der Waals surface area contributed by atoms with Crippen molar-refractivity contribution in [3.8, 4) is 0 Å². The minimum absolute atomic E-state index is 0.00672. The largest absolute Gasteiger partial charge is 0.383 e. The molecule has 0 bridgehead atoms. The van der Waals surface area contributed by atoms with Gasteiger partial charge >= 0.3 is 0 Å². The van der Waals surface area contributed by atoms with Crippen LogP contribution in [0.1, 0.15) is 5.56 Å². The van der Waals surface area contributed by atoms with Crippen molar-refractivity contribution in [2.24, 2.45) is 0 Å². The van der Waals surface area contributed by atoms with Gasteiger partial charge in [-0.3, -0.25) is 4.98 Å². The Balaban J connectivity index is 2.40. The van der Waals surface area contributed by atoms with Crippen LogP contribution < -0.4 is 5.73 Å². The van der Waals surface area contributed by atoms with Crippen molar-refractivity contribution in [2.45, 2.75) is 10.6 Å². The van der Waals surface area contributed by atoms with E-state index in [1.54, 1.807) is 24.5 Å². The topological polar surface area (TPSA) is 85.9 Å². The molecule has 2 aromatic rings. The van der Waals surface area contributed by atoms with Crippen LogP contribution in [0, 0.1) is 0 Å². The Morgan fingerprint density at radius 3 is 2.61 bits per heavy atom. The van der Waals surface area contributed by atoms with Crippen LogP contribution >= 0.6 is 15.9 Å². The van der Waals surface area contributed by atoms with Crippen LogP contribution in [-0.2, 0) is 15.6 Å². The summed E-state index contributed by atoms with van der Waals surface area (Å²) in [5.41, 5.74) is 6.26. The Hall–Kier alpha value is -1.47. The zero-order chi connectivity index (χ0) is 13.2. The van der Waals surface area contributed by atoms with E-state index < -0.39 is 9.84 Å². The smallest absolute Gasteiger partial charge is 0.186 e. The van der Waals surface area contributed by atoms with Crippen molar-refractivity contribution in [1.82, 2.24) is 9.97 Å². The summed E-state index contributed by atoms with van der Waals surface area (Å²) >= 11 is 3.18. The van der Waals surface area contributed by atoms with Crippen LogP contribution in [0.15, 0.2) is 46.2 Å². The molecule has 2 rings (SSSR count). The third-order valence-electron chi connectivity index (χ3n) is 2.29. The van der Waals surface area contributed by atoms with Gasteiger partial charge in [0.1, 0.15) is 10.7 Å². The third-order valence-corrected chi connectivity index (χ3v) is 4.43. The molecular formula is C11H10BrN3O2S. The summed E-state index contributed by atoms with van der Waals surface area (Å²) in [6.07, 6.45) is 4.56. The number of nitrogen functional groups attached to an aromatic ring is 1. The van der Waals surface area contributed by atoms with Gasteiger partial charge < -0.3 is 5.73 Å². The van der Waals surface area contributed by atoms with Crippen molar-refractivity contribution in [1.29, 1.82) is 0 Å². The lowest BCUT2D eigenvalue weighted by Gasteiger charge is -2.07. The molecule has 0 aromatic carbocycles. The summed E-state index contributed by atoms with van der Waals surface area (Å²) in [6, 6.07) is 4.76. The predicted molar refractivity (Wildman–Crippen MR) is 71.5 cm³/mol. The van der Waals surface area contributed by atoms with Crippen molar-refractivity contribution in [3.05, 3.63) is 46.8 Å². The molecule has 18 heavy (non-hydrogen) atoms. The Kier molecular flexibility index (Phi) is 3.63. The van der Waals surface area contributed by atoms with E-state index in [0.29, 0.717) is 10.0 Å². The second-order valence-corrected chi connectivity index (χ2v) is 6.53. The predicted octanol–water partition coefficient (Wildman–Crippen LogP) is 1.80. The average Bonchev–Trinajstić information content (AvgIpc) is 2.33. The molecule has 0 unspecified atom stereocenters. The highest BCUT2D eigenvalue weighted by atomic mass is 79.9. The van der Waals surface area contributed by atoms with Crippen molar-refractivity contribution >= 4 is 31.6 Å². The number of nitrogens with zero attached hydrogens (tertiary/aromatic N) is 2. The van der Waals surface area contributed by atoms with Gasteiger partial charge in [0.15, 0.2) is 9.84 Å². The summed E-state index contributed by atoms with van der Waals surface area (Å²) in [5, 5.41) is 0. The van der Waals surface area contributed by atoms with E-state index in [4.69, 9.17) is 5.73 Å². The fourth-order valence-corrected chi connectivity index (χ4v) is 3.40. The van der Waals surface area contributed by atoms with Crippen LogP contribution in [0.5, 0.6) is 0 Å². The Labute approximate surface area is 113 Å². The maximum Gasteiger partial charge on any atom is 0.186 e. The summed E-state index contributed by atoms with van der Waals surface area (Å²) in [5.74, 6) is -0.120. The zero-order valence-corrected chi connectivity index (χ0v) is 11.6. The molecule has 0 radical (unpaired) electrons. The van der Waals surface area contributed by atoms with Crippen LogP contribution in [-0.4, -0.2) is 18.4 Å². The molecule has 5 nitrogen and oxygen atoms in total. The Morgan fingerprint density at radius 2 is 1.94 bits per heavy atom. The highest BCUT2D eigenvalue weighted by molar-refractivity contribution is 9.10. The molecule has 94 valence electrons. The molecule has 0 aliphatic rings. The van der Waals surface area contributed by atoms with Gasteiger partial charge in [-0.2, -0.15) is 0 Å². The normalized spacial score (nSPS) is 11.4. The summed E-state index contributed by atoms with van der Waals surface area (Å²) in [6.45, 7) is 0. The fourth-order valence-electron chi connectivity index (χ4n) is 1.46. The van der Waals surface area contributed by atoms with Gasteiger partial charge in [0.05, 0.1) is 5.75 Å². The Bertz CT molecular complexity index is 659. The highest BCUT2D eigenvalue weighted by Gasteiger charge is 2.19. The van der Waals surface area contributed by atoms with E-state index >= 15 is 0 Å². The second kappa shape index (κ2) is 5.03. The number of nitrogens with two attached hydrogens (primary N) is 1. The Morgan fingerprint density at radius 1 is 1.28 bits per heavy atom. The molecule has 0 atom stereocenters. The minimum Gasteiger partial charge on any atom is -0.383 e. The number of halogens is 1. The number of hydrogen-bond acceptors (Lipinski definition) is 5. The standard InChI is InChI=1S/C11H10BrN3O2S/c12-9-5-10(11(13)15-6-9)18(16,17)7-8-1-3-14-4-2-8/h1-6H,7H2,(H2,13,15). The van der Waals surface area contributed by atoms with Gasteiger partial charge in [-0.25, -0.2) is 13.4 Å². The van der Waals surface area contributed by atoms with Crippen LogP contribution in [0.3, 0.4) is 0 Å². The first-order valence-electron chi connectivity index (χ1n) is 5.02. The van der Waals surface area contributed by atoms with Crippen LogP contribution in [0.2, 0.25) is 0 Å². The minimum atomic E-state index is -3.51. The van der Waals surface area contributed by atoms with Gasteiger partial charge in [-0.15, -0.1) is 0 Å². The monoisotopic (exact) mass is 327 g/mol. The van der Waals surface area contributed by atoms with E-state index in [-0.39, 0.29) is 16.5 Å². The van der Waals surface area contributed by atoms with Crippen molar-refractivity contribution < 1.29 is 8.42 Å². The maximum absolute atomic E-state index is 12.2. The molecule has 2 aromatic heterocycles. The average molecular weight is 328 g/mol. The van der Waals surface area contributed by atoms with E-state index in [0.717, 1.165) is 0 Å². The molecule has 7 heteroatoms. The number of pyridine rings is 2. The molecule has 2 heterocycles. The van der Waals surface area contributed by atoms with Gasteiger partial charge in [-0.1, -0.05) is 0 Å². The quantitative estimate of drug-likeness (QED) is 0.928. The zero-order valence-electron chi connectivity index (χ0n) is 9.25. The molecule has 0 saturated heterocycles. The summed E-state index contributed by atoms with van der Waals surface area (Å²) in [4.78, 5) is 7.70. The molecule has 2 N–H and O–H groups in total. The molecule has 0 fully saturated rings. The molecule has 0 aliphatic heterocycles. The van der Waals surface area contributed by atoms with Gasteiger partial charge in [-0.05, 0) is 39.7 Å². The number of aromatic nitrogens is 2. The summed E-state index contributed by atoms with van der Waals surface area (Å²) < 4.78 is 25.0. The fraction of sp³-hybridized carbons (Fsp3) is 0.0909. The van der Waals surface area contributed by atoms with Crippen molar-refractivity contribution in [2.75, 3.05) is 5.73 Å². The van der Waals surface area contributed by atoms with Crippen LogP contribution in [0.25, 0.3) is 0 Å². The number of hydrogen-bond donors (Lipinski definition) is 1. The second-order valence-electron chi connectivity index (χ2n) is 3.65. The van der Waals surface area contributed by atoms with Gasteiger partial charge in [0.25, 0.3) is 0 Å². The molecule has 0 spiro atoms. The SMILES string of the molecule is Nc1ncc(Br)cc1S(=O)(=O)Cc1ccncc1. The highest BCUT2D eigenvalue weighted by Crippen LogP contribution is 2.23. The third kappa shape index (κ3) is 2.85. The van der Waals surface area contributed by atoms with E-state index in [1.807, 2.05) is 0 Å². The lowest BCUT2D eigenvalue weighted by atomic mass is 10.3. The first kappa shape index (κ1) is 13.0. The lowest BCUT2D eigenvalue weighted by Crippen LogP contribution is -2.09. The number of sulfone groups is 1. The molecule has 0 saturated carbocycles. The van der Waals surface area contributed by atoms with Crippen molar-refractivity contribution in [3.63, 3.8) is 0 Å².